The lowest BCUT2D eigenvalue weighted by molar-refractivity contribution is 0.0937. The lowest BCUT2D eigenvalue weighted by Crippen LogP contribution is -2.35. The van der Waals surface area contributed by atoms with Crippen LogP contribution < -0.4 is 10.7 Å². The van der Waals surface area contributed by atoms with Gasteiger partial charge in [0.05, 0.1) is 5.52 Å². The van der Waals surface area contributed by atoms with Gasteiger partial charge in [0.25, 0.3) is 5.91 Å². The molecule has 0 saturated carbocycles. The second-order valence-corrected chi connectivity index (χ2v) is 5.93. The Labute approximate surface area is 123 Å². The third kappa shape index (κ3) is 2.15. The van der Waals surface area contributed by atoms with Gasteiger partial charge in [0.2, 0.25) is 5.43 Å². The van der Waals surface area contributed by atoms with Gasteiger partial charge in [0, 0.05) is 23.7 Å². The largest absolute Gasteiger partial charge is 0.349 e. The van der Waals surface area contributed by atoms with E-state index >= 15 is 0 Å². The fourth-order valence-electron chi connectivity index (χ4n) is 2.98. The summed E-state index contributed by atoms with van der Waals surface area (Å²) in [5.74, 6) is -0.274. The second-order valence-electron chi connectivity index (χ2n) is 5.93. The van der Waals surface area contributed by atoms with Crippen molar-refractivity contribution >= 4 is 16.8 Å². The van der Waals surface area contributed by atoms with Gasteiger partial charge in [0.15, 0.2) is 0 Å². The third-order valence-corrected chi connectivity index (χ3v) is 4.36. The first-order valence-electron chi connectivity index (χ1n) is 7.50. The lowest BCUT2D eigenvalue weighted by atomic mass is 10.1. The molecule has 0 radical (unpaired) electrons. The predicted octanol–water partition coefficient (Wildman–Crippen LogP) is 2.65. The van der Waals surface area contributed by atoms with Crippen molar-refractivity contribution in [2.24, 2.45) is 0 Å². The molecule has 1 N–H and O–H groups in total. The molecule has 0 bridgehead atoms. The van der Waals surface area contributed by atoms with Crippen LogP contribution >= 0.6 is 0 Å². The molecule has 1 aromatic heterocycles. The topological polar surface area (TPSA) is 51.1 Å². The summed E-state index contributed by atoms with van der Waals surface area (Å²) in [6.45, 7) is 6.06. The number of hydrogen-bond donors (Lipinski definition) is 1. The number of rotatable bonds is 3. The zero-order valence-electron chi connectivity index (χ0n) is 12.6. The van der Waals surface area contributed by atoms with Gasteiger partial charge >= 0.3 is 0 Å². The summed E-state index contributed by atoms with van der Waals surface area (Å²) >= 11 is 0. The van der Waals surface area contributed by atoms with Crippen LogP contribution in [0.2, 0.25) is 0 Å². The molecule has 2 heterocycles. The second kappa shape index (κ2) is 5.02. The summed E-state index contributed by atoms with van der Waals surface area (Å²) in [6, 6.07) is 6.12. The fraction of sp³-hybridized carbons (Fsp3) is 0.412. The highest BCUT2D eigenvalue weighted by Crippen LogP contribution is 2.30. The molecular formula is C17H20N2O2. The predicted molar refractivity (Wildman–Crippen MR) is 83.8 cm³/mol. The van der Waals surface area contributed by atoms with Gasteiger partial charge in [-0.05, 0) is 38.3 Å². The Morgan fingerprint density at radius 1 is 1.48 bits per heavy atom. The van der Waals surface area contributed by atoms with E-state index in [4.69, 9.17) is 0 Å². The SMILES string of the molecule is CCC(C)NC(=O)c1cn2c3c(cccc3c1=O)CC2C. The van der Waals surface area contributed by atoms with Crippen molar-refractivity contribution in [3.63, 3.8) is 0 Å². The highest BCUT2D eigenvalue weighted by atomic mass is 16.2. The van der Waals surface area contributed by atoms with Crippen LogP contribution in [0.5, 0.6) is 0 Å². The van der Waals surface area contributed by atoms with Gasteiger partial charge in [-0.15, -0.1) is 0 Å². The van der Waals surface area contributed by atoms with Crippen molar-refractivity contribution in [3.8, 4) is 0 Å². The van der Waals surface area contributed by atoms with Gasteiger partial charge in [-0.1, -0.05) is 19.1 Å². The first-order chi connectivity index (χ1) is 10.0. The maximum Gasteiger partial charge on any atom is 0.256 e. The highest BCUT2D eigenvalue weighted by Gasteiger charge is 2.24. The molecule has 21 heavy (non-hydrogen) atoms. The van der Waals surface area contributed by atoms with E-state index in [1.54, 1.807) is 6.20 Å². The molecule has 0 aliphatic carbocycles. The van der Waals surface area contributed by atoms with Gasteiger partial charge in [-0.2, -0.15) is 0 Å². The molecule has 3 rings (SSSR count). The van der Waals surface area contributed by atoms with Gasteiger partial charge in [0.1, 0.15) is 5.56 Å². The normalized spacial score (nSPS) is 18.0. The molecule has 110 valence electrons. The smallest absolute Gasteiger partial charge is 0.256 e. The monoisotopic (exact) mass is 284 g/mol. The molecule has 4 nitrogen and oxygen atoms in total. The molecule has 2 aromatic rings. The highest BCUT2D eigenvalue weighted by molar-refractivity contribution is 5.98. The Balaban J connectivity index is 2.17. The molecule has 4 heteroatoms. The van der Waals surface area contributed by atoms with Crippen molar-refractivity contribution in [1.29, 1.82) is 0 Å². The Hall–Kier alpha value is -2.10. The van der Waals surface area contributed by atoms with Crippen molar-refractivity contribution in [2.75, 3.05) is 0 Å². The summed E-state index contributed by atoms with van der Waals surface area (Å²) in [7, 11) is 0. The van der Waals surface area contributed by atoms with E-state index < -0.39 is 0 Å². The zero-order chi connectivity index (χ0) is 15.1. The minimum absolute atomic E-state index is 0.0648. The molecule has 0 saturated heterocycles. The maximum atomic E-state index is 12.6. The van der Waals surface area contributed by atoms with Gasteiger partial charge in [-0.3, -0.25) is 9.59 Å². The Kier molecular flexibility index (Phi) is 3.32. The van der Waals surface area contributed by atoms with Gasteiger partial charge in [-0.25, -0.2) is 0 Å². The number of hydrogen-bond acceptors (Lipinski definition) is 2. The summed E-state index contributed by atoms with van der Waals surface area (Å²) < 4.78 is 2.07. The Morgan fingerprint density at radius 2 is 2.24 bits per heavy atom. The quantitative estimate of drug-likeness (QED) is 0.942. The van der Waals surface area contributed by atoms with Crippen LogP contribution in [-0.2, 0) is 6.42 Å². The molecule has 0 fully saturated rings. The summed E-state index contributed by atoms with van der Waals surface area (Å²) in [5.41, 5.74) is 2.24. The van der Waals surface area contributed by atoms with Crippen LogP contribution in [0, 0.1) is 0 Å². The van der Waals surface area contributed by atoms with E-state index in [0.29, 0.717) is 5.39 Å². The van der Waals surface area contributed by atoms with E-state index in [0.717, 1.165) is 18.4 Å². The first kappa shape index (κ1) is 13.9. The van der Waals surface area contributed by atoms with Crippen LogP contribution in [0.3, 0.4) is 0 Å². The third-order valence-electron chi connectivity index (χ3n) is 4.36. The van der Waals surface area contributed by atoms with Crippen LogP contribution in [0.25, 0.3) is 10.9 Å². The van der Waals surface area contributed by atoms with Gasteiger partial charge < -0.3 is 9.88 Å². The Bertz CT molecular complexity index is 776. The van der Waals surface area contributed by atoms with Crippen molar-refractivity contribution in [2.45, 2.75) is 45.7 Å². The van der Waals surface area contributed by atoms with E-state index in [2.05, 4.69) is 22.9 Å². The summed E-state index contributed by atoms with van der Waals surface area (Å²) in [6.07, 6.45) is 3.48. The molecule has 2 atom stereocenters. The van der Waals surface area contributed by atoms with E-state index in [1.165, 1.54) is 5.56 Å². The average molecular weight is 284 g/mol. The Morgan fingerprint density at radius 3 is 2.95 bits per heavy atom. The number of carbonyl (C=O) groups excluding carboxylic acids is 1. The van der Waals surface area contributed by atoms with Crippen molar-refractivity contribution < 1.29 is 4.79 Å². The van der Waals surface area contributed by atoms with Crippen LogP contribution in [0.4, 0.5) is 0 Å². The molecule has 2 unspecified atom stereocenters. The number of nitrogens with zero attached hydrogens (tertiary/aromatic N) is 1. The minimum Gasteiger partial charge on any atom is -0.349 e. The number of aromatic nitrogens is 1. The molecule has 0 spiro atoms. The number of carbonyl (C=O) groups is 1. The number of nitrogens with one attached hydrogen (secondary N) is 1. The number of pyridine rings is 1. The number of para-hydroxylation sites is 1. The zero-order valence-corrected chi connectivity index (χ0v) is 12.6. The van der Waals surface area contributed by atoms with E-state index in [1.807, 2.05) is 26.0 Å². The maximum absolute atomic E-state index is 12.6. The summed E-state index contributed by atoms with van der Waals surface area (Å²) in [5, 5.41) is 3.53. The van der Waals surface area contributed by atoms with Crippen LogP contribution in [0.1, 0.15) is 49.2 Å². The van der Waals surface area contributed by atoms with Crippen molar-refractivity contribution in [3.05, 3.63) is 45.7 Å². The lowest BCUT2D eigenvalue weighted by Gasteiger charge is -2.14. The fourth-order valence-corrected chi connectivity index (χ4v) is 2.98. The average Bonchev–Trinajstić information content (AvgIpc) is 2.79. The number of benzene rings is 1. The molecule has 1 aliphatic heterocycles. The van der Waals surface area contributed by atoms with Crippen LogP contribution in [-0.4, -0.2) is 16.5 Å². The molecule has 1 amide bonds. The van der Waals surface area contributed by atoms with Crippen LogP contribution in [0.15, 0.2) is 29.2 Å². The molecule has 1 aromatic carbocycles. The van der Waals surface area contributed by atoms with Crippen molar-refractivity contribution in [1.82, 2.24) is 9.88 Å². The standard InChI is InChI=1S/C17H20N2O2/c1-4-10(2)18-17(21)14-9-19-11(3)8-12-6-5-7-13(15(12)19)16(14)20/h5-7,9-11H,4,8H2,1-3H3,(H,18,21). The van der Waals surface area contributed by atoms with E-state index in [-0.39, 0.29) is 29.0 Å². The molecule has 1 aliphatic rings. The minimum atomic E-state index is -0.274. The number of amides is 1. The first-order valence-corrected chi connectivity index (χ1v) is 7.50. The summed E-state index contributed by atoms with van der Waals surface area (Å²) in [4.78, 5) is 25.0. The molecular weight excluding hydrogens is 264 g/mol. The van der Waals surface area contributed by atoms with E-state index in [9.17, 15) is 9.59 Å².